The smallest absolute Gasteiger partial charge is 0.407 e. The van der Waals surface area contributed by atoms with Crippen LogP contribution in [0.4, 0.5) is 4.79 Å². The molecule has 4 nitrogen and oxygen atoms in total. The van der Waals surface area contributed by atoms with Crippen molar-refractivity contribution in [3.05, 3.63) is 0 Å². The minimum Gasteiger partial charge on any atom is -0.444 e. The second-order valence-electron chi connectivity index (χ2n) is 6.37. The second kappa shape index (κ2) is 4.48. The van der Waals surface area contributed by atoms with Gasteiger partial charge in [-0.05, 0) is 53.0 Å². The van der Waals surface area contributed by atoms with Crippen molar-refractivity contribution in [2.75, 3.05) is 13.1 Å². The Labute approximate surface area is 103 Å². The van der Waals surface area contributed by atoms with Crippen LogP contribution < -0.4 is 10.6 Å². The molecule has 0 radical (unpaired) electrons. The molecule has 98 valence electrons. The summed E-state index contributed by atoms with van der Waals surface area (Å²) >= 11 is 0. The van der Waals surface area contributed by atoms with Gasteiger partial charge in [-0.1, -0.05) is 0 Å². The third kappa shape index (κ3) is 3.35. The summed E-state index contributed by atoms with van der Waals surface area (Å²) in [6.45, 7) is 7.53. The Morgan fingerprint density at radius 1 is 1.47 bits per heavy atom. The SMILES string of the molecule is CC(C)(C)OC(=O)NCC1([C@H]2CCCN2)CC1. The molecule has 0 unspecified atom stereocenters. The molecule has 17 heavy (non-hydrogen) atoms. The Bertz CT molecular complexity index is 286. The standard InChI is InChI=1S/C13H24N2O2/c1-12(2,3)17-11(16)15-9-13(6-7-13)10-5-4-8-14-10/h10,14H,4-9H2,1-3H3,(H,15,16)/t10-/m1/s1. The van der Waals surface area contributed by atoms with Crippen molar-refractivity contribution in [3.63, 3.8) is 0 Å². The van der Waals surface area contributed by atoms with Crippen LogP contribution >= 0.6 is 0 Å². The number of nitrogens with one attached hydrogen (secondary N) is 2. The molecule has 1 aliphatic heterocycles. The fourth-order valence-electron chi connectivity index (χ4n) is 2.58. The minimum atomic E-state index is -0.410. The molecule has 2 fully saturated rings. The predicted molar refractivity (Wildman–Crippen MR) is 66.9 cm³/mol. The van der Waals surface area contributed by atoms with Crippen LogP contribution in [0.3, 0.4) is 0 Å². The van der Waals surface area contributed by atoms with Gasteiger partial charge in [0.2, 0.25) is 0 Å². The summed E-state index contributed by atoms with van der Waals surface area (Å²) in [6, 6.07) is 0.595. The van der Waals surface area contributed by atoms with E-state index in [9.17, 15) is 4.79 Å². The Hall–Kier alpha value is -0.770. The van der Waals surface area contributed by atoms with Gasteiger partial charge in [0.05, 0.1) is 0 Å². The van der Waals surface area contributed by atoms with Gasteiger partial charge in [-0.2, -0.15) is 0 Å². The quantitative estimate of drug-likeness (QED) is 0.793. The van der Waals surface area contributed by atoms with Crippen molar-refractivity contribution in [2.45, 2.75) is 58.1 Å². The Balaban J connectivity index is 1.76. The number of hydrogen-bond donors (Lipinski definition) is 2. The van der Waals surface area contributed by atoms with Crippen LogP contribution in [0.2, 0.25) is 0 Å². The molecule has 2 N–H and O–H groups in total. The number of amides is 1. The number of carbonyl (C=O) groups excluding carboxylic acids is 1. The molecule has 1 saturated heterocycles. The summed E-state index contributed by atoms with van der Waals surface area (Å²) in [4.78, 5) is 11.6. The first kappa shape index (κ1) is 12.7. The Kier molecular flexibility index (Phi) is 3.34. The average Bonchev–Trinajstić information content (AvgIpc) is 2.78. The predicted octanol–water partition coefficient (Wildman–Crippen LogP) is 2.04. The van der Waals surface area contributed by atoms with E-state index >= 15 is 0 Å². The van der Waals surface area contributed by atoms with Gasteiger partial charge in [0.15, 0.2) is 0 Å². The van der Waals surface area contributed by atoms with Crippen molar-refractivity contribution in [1.82, 2.24) is 10.6 Å². The van der Waals surface area contributed by atoms with Crippen LogP contribution in [-0.2, 0) is 4.74 Å². The molecule has 0 spiro atoms. The van der Waals surface area contributed by atoms with E-state index in [1.165, 1.54) is 25.7 Å². The molecule has 0 aromatic carbocycles. The van der Waals surface area contributed by atoms with Crippen LogP contribution in [0.5, 0.6) is 0 Å². The highest BCUT2D eigenvalue weighted by molar-refractivity contribution is 5.67. The Morgan fingerprint density at radius 2 is 2.18 bits per heavy atom. The van der Waals surface area contributed by atoms with Crippen LogP contribution in [0, 0.1) is 5.41 Å². The highest BCUT2D eigenvalue weighted by atomic mass is 16.6. The van der Waals surface area contributed by atoms with E-state index in [-0.39, 0.29) is 6.09 Å². The highest BCUT2D eigenvalue weighted by Crippen LogP contribution is 2.50. The monoisotopic (exact) mass is 240 g/mol. The van der Waals surface area contributed by atoms with Gasteiger partial charge in [-0.25, -0.2) is 4.79 Å². The van der Waals surface area contributed by atoms with Crippen LogP contribution in [0.1, 0.15) is 46.5 Å². The van der Waals surface area contributed by atoms with Crippen molar-refractivity contribution in [1.29, 1.82) is 0 Å². The van der Waals surface area contributed by atoms with Crippen molar-refractivity contribution >= 4 is 6.09 Å². The van der Waals surface area contributed by atoms with Gasteiger partial charge in [0.1, 0.15) is 5.60 Å². The largest absolute Gasteiger partial charge is 0.444 e. The molecule has 4 heteroatoms. The summed E-state index contributed by atoms with van der Waals surface area (Å²) in [6.07, 6.45) is 4.66. The molecule has 1 heterocycles. The molecule has 1 saturated carbocycles. The first-order valence-corrected chi connectivity index (χ1v) is 6.62. The molecule has 1 atom stereocenters. The fourth-order valence-corrected chi connectivity index (χ4v) is 2.58. The zero-order chi connectivity index (χ0) is 12.5. The molecule has 0 aromatic rings. The lowest BCUT2D eigenvalue weighted by atomic mass is 9.95. The fraction of sp³-hybridized carbons (Fsp3) is 0.923. The summed E-state index contributed by atoms with van der Waals surface area (Å²) in [7, 11) is 0. The van der Waals surface area contributed by atoms with E-state index in [0.717, 1.165) is 13.1 Å². The van der Waals surface area contributed by atoms with Crippen molar-refractivity contribution in [2.24, 2.45) is 5.41 Å². The van der Waals surface area contributed by atoms with E-state index in [4.69, 9.17) is 4.74 Å². The third-order valence-corrected chi connectivity index (χ3v) is 3.68. The highest BCUT2D eigenvalue weighted by Gasteiger charge is 2.50. The molecular weight excluding hydrogens is 216 g/mol. The first-order chi connectivity index (χ1) is 7.91. The average molecular weight is 240 g/mol. The maximum absolute atomic E-state index is 11.6. The molecule has 1 amide bonds. The lowest BCUT2D eigenvalue weighted by Gasteiger charge is -2.25. The summed E-state index contributed by atoms with van der Waals surface area (Å²) in [5, 5.41) is 6.46. The zero-order valence-corrected chi connectivity index (χ0v) is 11.1. The second-order valence-corrected chi connectivity index (χ2v) is 6.37. The number of hydrogen-bond acceptors (Lipinski definition) is 3. The van der Waals surface area contributed by atoms with Gasteiger partial charge >= 0.3 is 6.09 Å². The number of rotatable bonds is 3. The van der Waals surface area contributed by atoms with Crippen LogP contribution in [0.25, 0.3) is 0 Å². The molecule has 1 aliphatic carbocycles. The van der Waals surface area contributed by atoms with Crippen molar-refractivity contribution in [3.8, 4) is 0 Å². The van der Waals surface area contributed by atoms with Crippen LogP contribution in [-0.4, -0.2) is 30.8 Å². The topological polar surface area (TPSA) is 50.4 Å². The summed E-state index contributed by atoms with van der Waals surface area (Å²) in [5.74, 6) is 0. The van der Waals surface area contributed by atoms with E-state index < -0.39 is 5.60 Å². The van der Waals surface area contributed by atoms with Crippen molar-refractivity contribution < 1.29 is 9.53 Å². The third-order valence-electron chi connectivity index (χ3n) is 3.68. The lowest BCUT2D eigenvalue weighted by molar-refractivity contribution is 0.0512. The van der Waals surface area contributed by atoms with E-state index in [0.29, 0.717) is 11.5 Å². The zero-order valence-electron chi connectivity index (χ0n) is 11.1. The molecule has 0 aromatic heterocycles. The normalized spacial score (nSPS) is 26.6. The van der Waals surface area contributed by atoms with Gasteiger partial charge in [0, 0.05) is 18.0 Å². The first-order valence-electron chi connectivity index (χ1n) is 6.62. The van der Waals surface area contributed by atoms with E-state index in [2.05, 4.69) is 10.6 Å². The maximum atomic E-state index is 11.6. The Morgan fingerprint density at radius 3 is 2.65 bits per heavy atom. The van der Waals surface area contributed by atoms with E-state index in [1.54, 1.807) is 0 Å². The van der Waals surface area contributed by atoms with E-state index in [1.807, 2.05) is 20.8 Å². The number of ether oxygens (including phenoxy) is 1. The molecular formula is C13H24N2O2. The van der Waals surface area contributed by atoms with Gasteiger partial charge < -0.3 is 15.4 Å². The maximum Gasteiger partial charge on any atom is 0.407 e. The number of alkyl carbamates (subject to hydrolysis) is 1. The summed E-state index contributed by atoms with van der Waals surface area (Å²) in [5.41, 5.74) is -0.0974. The molecule has 2 rings (SSSR count). The summed E-state index contributed by atoms with van der Waals surface area (Å²) < 4.78 is 5.25. The van der Waals surface area contributed by atoms with Gasteiger partial charge in [-0.3, -0.25) is 0 Å². The van der Waals surface area contributed by atoms with Gasteiger partial charge in [-0.15, -0.1) is 0 Å². The minimum absolute atomic E-state index is 0.290. The number of carbonyl (C=O) groups is 1. The van der Waals surface area contributed by atoms with Crippen LogP contribution in [0.15, 0.2) is 0 Å². The molecule has 0 bridgehead atoms. The van der Waals surface area contributed by atoms with Gasteiger partial charge in [0.25, 0.3) is 0 Å². The lowest BCUT2D eigenvalue weighted by Crippen LogP contribution is -2.42. The molecule has 2 aliphatic rings.